The Morgan fingerprint density at radius 2 is 1.74 bits per heavy atom. The molecular weight excluding hydrogens is 309 g/mol. The van der Waals surface area contributed by atoms with Gasteiger partial charge >= 0.3 is 12.1 Å². The first kappa shape index (κ1) is 16.9. The molecule has 0 saturated heterocycles. The maximum Gasteiger partial charge on any atom is 0.416 e. The van der Waals surface area contributed by atoms with Crippen LogP contribution in [-0.2, 0) is 28.7 Å². The number of benzene rings is 2. The van der Waals surface area contributed by atoms with Crippen LogP contribution in [0.15, 0.2) is 48.5 Å². The van der Waals surface area contributed by atoms with Crippen molar-refractivity contribution >= 4 is 5.97 Å². The Balaban J connectivity index is 1.97. The number of hydrogen-bond donors (Lipinski definition) is 0. The fourth-order valence-corrected chi connectivity index (χ4v) is 1.95. The molecule has 0 aliphatic heterocycles. The van der Waals surface area contributed by atoms with Crippen molar-refractivity contribution in [2.24, 2.45) is 0 Å². The predicted molar refractivity (Wildman–Crippen MR) is 77.9 cm³/mol. The van der Waals surface area contributed by atoms with Crippen LogP contribution in [0, 0.1) is 0 Å². The van der Waals surface area contributed by atoms with Gasteiger partial charge in [0.25, 0.3) is 0 Å². The zero-order chi connectivity index (χ0) is 16.9. The summed E-state index contributed by atoms with van der Waals surface area (Å²) in [4.78, 5) is 11.1. The summed E-state index contributed by atoms with van der Waals surface area (Å²) in [5, 5.41) is 0. The quantitative estimate of drug-likeness (QED) is 0.780. The van der Waals surface area contributed by atoms with Gasteiger partial charge in [0.2, 0.25) is 0 Å². The molecule has 3 nitrogen and oxygen atoms in total. The van der Waals surface area contributed by atoms with Crippen LogP contribution in [0.1, 0.15) is 16.7 Å². The molecule has 0 N–H and O–H groups in total. The van der Waals surface area contributed by atoms with Gasteiger partial charge in [0.15, 0.2) is 0 Å². The molecular formula is C17H15F3O3. The number of carbonyl (C=O) groups is 1. The van der Waals surface area contributed by atoms with Crippen LogP contribution in [0.2, 0.25) is 0 Å². The number of ether oxygens (including phenoxy) is 2. The van der Waals surface area contributed by atoms with Crippen LogP contribution in [0.5, 0.6) is 5.75 Å². The summed E-state index contributed by atoms with van der Waals surface area (Å²) in [7, 11) is 1.31. The molecule has 2 aromatic carbocycles. The van der Waals surface area contributed by atoms with E-state index in [0.717, 1.165) is 17.7 Å². The van der Waals surface area contributed by atoms with Crippen molar-refractivity contribution in [2.75, 3.05) is 7.11 Å². The first-order valence-electron chi connectivity index (χ1n) is 6.83. The minimum atomic E-state index is -4.37. The molecule has 2 aromatic rings. The number of esters is 1. The summed E-state index contributed by atoms with van der Waals surface area (Å²) in [6, 6.07) is 11.7. The van der Waals surface area contributed by atoms with Gasteiger partial charge in [-0.2, -0.15) is 13.2 Å². The Hall–Kier alpha value is -2.50. The van der Waals surface area contributed by atoms with Crippen LogP contribution in [0.3, 0.4) is 0 Å². The van der Waals surface area contributed by atoms with E-state index in [1.165, 1.54) is 13.2 Å². The predicted octanol–water partition coefficient (Wildman–Crippen LogP) is 4.00. The summed E-state index contributed by atoms with van der Waals surface area (Å²) >= 11 is 0. The van der Waals surface area contributed by atoms with E-state index in [4.69, 9.17) is 4.74 Å². The second-order valence-corrected chi connectivity index (χ2v) is 4.88. The van der Waals surface area contributed by atoms with Gasteiger partial charge in [-0.1, -0.05) is 24.3 Å². The van der Waals surface area contributed by atoms with E-state index < -0.39 is 11.7 Å². The first-order valence-corrected chi connectivity index (χ1v) is 6.83. The van der Waals surface area contributed by atoms with Crippen LogP contribution < -0.4 is 4.74 Å². The number of rotatable bonds is 5. The normalized spacial score (nSPS) is 11.1. The minimum Gasteiger partial charge on any atom is -0.489 e. The molecule has 0 spiro atoms. The molecule has 122 valence electrons. The van der Waals surface area contributed by atoms with Gasteiger partial charge in [0.05, 0.1) is 19.1 Å². The van der Waals surface area contributed by atoms with Gasteiger partial charge < -0.3 is 9.47 Å². The van der Waals surface area contributed by atoms with Gasteiger partial charge in [-0.15, -0.1) is 0 Å². The van der Waals surface area contributed by atoms with Crippen molar-refractivity contribution in [3.05, 3.63) is 65.2 Å². The number of alkyl halides is 3. The van der Waals surface area contributed by atoms with Crippen molar-refractivity contribution in [2.45, 2.75) is 19.2 Å². The van der Waals surface area contributed by atoms with Gasteiger partial charge in [-0.25, -0.2) is 0 Å². The Morgan fingerprint density at radius 1 is 1.04 bits per heavy atom. The summed E-state index contributed by atoms with van der Waals surface area (Å²) in [5.41, 5.74) is 0.494. The van der Waals surface area contributed by atoms with Gasteiger partial charge in [-0.05, 0) is 35.4 Å². The third-order valence-corrected chi connectivity index (χ3v) is 3.16. The fraction of sp³-hybridized carbons (Fsp3) is 0.235. The Kier molecular flexibility index (Phi) is 5.26. The molecule has 0 aliphatic carbocycles. The average molecular weight is 324 g/mol. The number of hydrogen-bond acceptors (Lipinski definition) is 3. The lowest BCUT2D eigenvalue weighted by atomic mass is 10.1. The molecule has 23 heavy (non-hydrogen) atoms. The Morgan fingerprint density at radius 3 is 2.35 bits per heavy atom. The number of halogens is 3. The molecule has 0 aliphatic rings. The topological polar surface area (TPSA) is 35.5 Å². The molecule has 0 atom stereocenters. The molecule has 0 aromatic heterocycles. The van der Waals surface area contributed by atoms with Gasteiger partial charge in [-0.3, -0.25) is 4.79 Å². The second-order valence-electron chi connectivity index (χ2n) is 4.88. The maximum absolute atomic E-state index is 12.6. The second kappa shape index (κ2) is 7.17. The van der Waals surface area contributed by atoms with E-state index in [1.807, 2.05) is 0 Å². The van der Waals surface area contributed by atoms with Gasteiger partial charge in [0.1, 0.15) is 12.4 Å². The van der Waals surface area contributed by atoms with Crippen LogP contribution in [0.4, 0.5) is 13.2 Å². The number of carbonyl (C=O) groups excluding carboxylic acids is 1. The van der Waals surface area contributed by atoms with E-state index in [-0.39, 0.29) is 19.0 Å². The van der Waals surface area contributed by atoms with E-state index in [0.29, 0.717) is 11.3 Å². The third-order valence-electron chi connectivity index (χ3n) is 3.16. The zero-order valence-corrected chi connectivity index (χ0v) is 12.4. The Bertz CT molecular complexity index is 664. The highest BCUT2D eigenvalue weighted by Gasteiger charge is 2.30. The van der Waals surface area contributed by atoms with Crippen molar-refractivity contribution in [3.63, 3.8) is 0 Å². The highest BCUT2D eigenvalue weighted by atomic mass is 19.4. The summed E-state index contributed by atoms with van der Waals surface area (Å²) in [6.45, 7) is 0.0280. The number of methoxy groups -OCH3 is 1. The highest BCUT2D eigenvalue weighted by Crippen LogP contribution is 2.29. The van der Waals surface area contributed by atoms with E-state index in [2.05, 4.69) is 4.74 Å². The van der Waals surface area contributed by atoms with E-state index in [1.54, 1.807) is 30.3 Å². The van der Waals surface area contributed by atoms with Crippen LogP contribution in [-0.4, -0.2) is 13.1 Å². The molecule has 2 rings (SSSR count). The molecule has 0 unspecified atom stereocenters. The maximum atomic E-state index is 12.6. The highest BCUT2D eigenvalue weighted by molar-refractivity contribution is 5.72. The summed E-state index contributed by atoms with van der Waals surface area (Å²) < 4.78 is 47.9. The lowest BCUT2D eigenvalue weighted by molar-refractivity contribution is -0.140. The van der Waals surface area contributed by atoms with Crippen LogP contribution >= 0.6 is 0 Å². The van der Waals surface area contributed by atoms with Crippen molar-refractivity contribution in [3.8, 4) is 5.75 Å². The molecule has 0 saturated carbocycles. The van der Waals surface area contributed by atoms with Crippen molar-refractivity contribution in [1.82, 2.24) is 0 Å². The summed E-state index contributed by atoms with van der Waals surface area (Å²) in [6.07, 6.45) is -4.21. The van der Waals surface area contributed by atoms with E-state index >= 15 is 0 Å². The molecule has 0 heterocycles. The third kappa shape index (κ3) is 5.02. The van der Waals surface area contributed by atoms with Crippen molar-refractivity contribution < 1.29 is 27.4 Å². The molecule has 0 amide bonds. The lowest BCUT2D eigenvalue weighted by Gasteiger charge is -2.10. The van der Waals surface area contributed by atoms with E-state index in [9.17, 15) is 18.0 Å². The monoisotopic (exact) mass is 324 g/mol. The molecule has 6 heteroatoms. The van der Waals surface area contributed by atoms with Crippen LogP contribution in [0.25, 0.3) is 0 Å². The van der Waals surface area contributed by atoms with Gasteiger partial charge in [0, 0.05) is 0 Å². The van der Waals surface area contributed by atoms with Crippen molar-refractivity contribution in [1.29, 1.82) is 0 Å². The zero-order valence-electron chi connectivity index (χ0n) is 12.4. The minimum absolute atomic E-state index is 0.0280. The largest absolute Gasteiger partial charge is 0.489 e. The molecule has 0 fully saturated rings. The first-order chi connectivity index (χ1) is 10.9. The fourth-order valence-electron chi connectivity index (χ4n) is 1.95. The smallest absolute Gasteiger partial charge is 0.416 e. The average Bonchev–Trinajstić information content (AvgIpc) is 2.53. The molecule has 0 bridgehead atoms. The Labute approximate surface area is 131 Å². The standard InChI is InChI=1S/C17H15F3O3/c1-22-16(21)10-12-5-7-15(8-6-12)23-11-13-3-2-4-14(9-13)17(18,19)20/h2-9H,10-11H2,1H3. The SMILES string of the molecule is COC(=O)Cc1ccc(OCc2cccc(C(F)(F)F)c2)cc1. The lowest BCUT2D eigenvalue weighted by Crippen LogP contribution is -2.06. The summed E-state index contributed by atoms with van der Waals surface area (Å²) in [5.74, 6) is 0.165. The molecule has 0 radical (unpaired) electrons.